The molecule has 0 aliphatic heterocycles. The molecule has 6 heteroatoms. The van der Waals surface area contributed by atoms with Gasteiger partial charge in [0.05, 0.1) is 25.9 Å². The first-order chi connectivity index (χ1) is 11.2. The minimum absolute atomic E-state index is 0.132. The van der Waals surface area contributed by atoms with Crippen molar-refractivity contribution in [1.82, 2.24) is 20.1 Å². The van der Waals surface area contributed by atoms with Crippen LogP contribution >= 0.6 is 0 Å². The highest BCUT2D eigenvalue weighted by molar-refractivity contribution is 5.53. The van der Waals surface area contributed by atoms with Gasteiger partial charge in [-0.15, -0.1) is 0 Å². The first kappa shape index (κ1) is 15.3. The van der Waals surface area contributed by atoms with E-state index in [0.717, 1.165) is 28.1 Å². The minimum Gasteiger partial charge on any atom is -0.497 e. The quantitative estimate of drug-likeness (QED) is 0.758. The van der Waals surface area contributed by atoms with Crippen LogP contribution in [0.2, 0.25) is 0 Å². The number of aromatic nitrogens is 3. The van der Waals surface area contributed by atoms with E-state index < -0.39 is 0 Å². The Morgan fingerprint density at radius 2 is 2.04 bits per heavy atom. The van der Waals surface area contributed by atoms with Crippen molar-refractivity contribution in [2.75, 3.05) is 14.2 Å². The van der Waals surface area contributed by atoms with E-state index in [2.05, 4.69) is 22.4 Å². The van der Waals surface area contributed by atoms with E-state index in [1.165, 1.54) is 0 Å². The Balaban J connectivity index is 1.77. The summed E-state index contributed by atoms with van der Waals surface area (Å²) in [7, 11) is 3.33. The summed E-state index contributed by atoms with van der Waals surface area (Å²) in [5.41, 5.74) is 3.17. The van der Waals surface area contributed by atoms with Gasteiger partial charge in [0.2, 0.25) is 0 Å². The molecule has 120 valence electrons. The predicted molar refractivity (Wildman–Crippen MR) is 87.8 cm³/mol. The largest absolute Gasteiger partial charge is 0.497 e. The number of nitrogens with zero attached hydrogens (tertiary/aromatic N) is 3. The van der Waals surface area contributed by atoms with Gasteiger partial charge in [0, 0.05) is 29.9 Å². The van der Waals surface area contributed by atoms with Gasteiger partial charge >= 0.3 is 0 Å². The van der Waals surface area contributed by atoms with Gasteiger partial charge in [-0.05, 0) is 37.3 Å². The Kier molecular flexibility index (Phi) is 4.43. The van der Waals surface area contributed by atoms with Crippen molar-refractivity contribution in [3.8, 4) is 11.5 Å². The smallest absolute Gasteiger partial charge is 0.123 e. The van der Waals surface area contributed by atoms with Gasteiger partial charge in [-0.1, -0.05) is 0 Å². The zero-order chi connectivity index (χ0) is 16.2. The molecule has 1 N–H and O–H groups in total. The Morgan fingerprint density at radius 3 is 2.83 bits per heavy atom. The summed E-state index contributed by atoms with van der Waals surface area (Å²) >= 11 is 0. The SMILES string of the molecule is COc1ccc(OC)c(CNC(C)c2cnn3ncccc23)c1. The maximum Gasteiger partial charge on any atom is 0.123 e. The van der Waals surface area contributed by atoms with Crippen LogP contribution in [0.15, 0.2) is 42.7 Å². The third-order valence-corrected chi connectivity index (χ3v) is 3.89. The van der Waals surface area contributed by atoms with Crippen LogP contribution < -0.4 is 14.8 Å². The molecule has 1 unspecified atom stereocenters. The average Bonchev–Trinajstić information content (AvgIpc) is 3.03. The molecule has 0 aliphatic rings. The molecular weight excluding hydrogens is 292 g/mol. The number of methoxy groups -OCH3 is 2. The number of ether oxygens (including phenoxy) is 2. The molecule has 3 rings (SSSR count). The molecule has 0 saturated heterocycles. The predicted octanol–water partition coefficient (Wildman–Crippen LogP) is 2.60. The van der Waals surface area contributed by atoms with Crippen molar-refractivity contribution in [3.63, 3.8) is 0 Å². The van der Waals surface area contributed by atoms with Crippen molar-refractivity contribution < 1.29 is 9.47 Å². The number of benzene rings is 1. The topological polar surface area (TPSA) is 60.7 Å². The Morgan fingerprint density at radius 1 is 1.17 bits per heavy atom. The number of nitrogens with one attached hydrogen (secondary N) is 1. The Labute approximate surface area is 135 Å². The summed E-state index contributed by atoms with van der Waals surface area (Å²) in [5, 5.41) is 12.0. The average molecular weight is 312 g/mol. The van der Waals surface area contributed by atoms with Crippen molar-refractivity contribution in [1.29, 1.82) is 0 Å². The van der Waals surface area contributed by atoms with Crippen LogP contribution in [0.4, 0.5) is 0 Å². The molecule has 0 fully saturated rings. The highest BCUT2D eigenvalue weighted by atomic mass is 16.5. The highest BCUT2D eigenvalue weighted by Gasteiger charge is 2.13. The van der Waals surface area contributed by atoms with Crippen molar-refractivity contribution in [3.05, 3.63) is 53.9 Å². The summed E-state index contributed by atoms with van der Waals surface area (Å²) in [4.78, 5) is 0. The van der Waals surface area contributed by atoms with E-state index in [4.69, 9.17) is 9.47 Å². The van der Waals surface area contributed by atoms with E-state index in [9.17, 15) is 0 Å². The van der Waals surface area contributed by atoms with Crippen LogP contribution in [-0.4, -0.2) is 29.0 Å². The van der Waals surface area contributed by atoms with Gasteiger partial charge in [-0.2, -0.15) is 14.8 Å². The van der Waals surface area contributed by atoms with E-state index in [1.54, 1.807) is 25.0 Å². The van der Waals surface area contributed by atoms with Crippen LogP contribution in [-0.2, 0) is 6.54 Å². The molecule has 2 heterocycles. The van der Waals surface area contributed by atoms with Crippen LogP contribution in [0.1, 0.15) is 24.1 Å². The lowest BCUT2D eigenvalue weighted by Crippen LogP contribution is -2.18. The lowest BCUT2D eigenvalue weighted by molar-refractivity contribution is 0.395. The van der Waals surface area contributed by atoms with Gasteiger partial charge < -0.3 is 14.8 Å². The van der Waals surface area contributed by atoms with E-state index in [-0.39, 0.29) is 6.04 Å². The molecule has 6 nitrogen and oxygen atoms in total. The standard InChI is InChI=1S/C17H20N4O2/c1-12(15-11-20-21-16(15)5-4-8-19-21)18-10-13-9-14(22-2)6-7-17(13)23-3/h4-9,11-12,18H,10H2,1-3H3. The Bertz CT molecular complexity index is 800. The van der Waals surface area contributed by atoms with Crippen LogP contribution in [0.5, 0.6) is 11.5 Å². The van der Waals surface area contributed by atoms with Crippen molar-refractivity contribution >= 4 is 5.52 Å². The molecule has 0 saturated carbocycles. The lowest BCUT2D eigenvalue weighted by atomic mass is 10.1. The summed E-state index contributed by atoms with van der Waals surface area (Å²) in [5.74, 6) is 1.66. The second-order valence-electron chi connectivity index (χ2n) is 5.28. The van der Waals surface area contributed by atoms with E-state index >= 15 is 0 Å². The number of rotatable bonds is 6. The monoisotopic (exact) mass is 312 g/mol. The zero-order valence-electron chi connectivity index (χ0n) is 13.5. The maximum absolute atomic E-state index is 5.42. The summed E-state index contributed by atoms with van der Waals surface area (Å²) in [6, 6.07) is 9.85. The molecule has 0 bridgehead atoms. The van der Waals surface area contributed by atoms with Crippen molar-refractivity contribution in [2.45, 2.75) is 19.5 Å². The summed E-state index contributed by atoms with van der Waals surface area (Å²) < 4.78 is 12.3. The van der Waals surface area contributed by atoms with Crippen LogP contribution in [0.25, 0.3) is 5.52 Å². The fraction of sp³-hybridized carbons (Fsp3) is 0.294. The number of fused-ring (bicyclic) bond motifs is 1. The Hall–Kier alpha value is -2.60. The zero-order valence-corrected chi connectivity index (χ0v) is 13.5. The molecule has 1 atom stereocenters. The first-order valence-electron chi connectivity index (χ1n) is 7.46. The van der Waals surface area contributed by atoms with Crippen molar-refractivity contribution in [2.24, 2.45) is 0 Å². The highest BCUT2D eigenvalue weighted by Crippen LogP contribution is 2.25. The second-order valence-corrected chi connectivity index (χ2v) is 5.28. The van der Waals surface area contributed by atoms with E-state index in [1.807, 2.05) is 36.5 Å². The molecule has 0 spiro atoms. The minimum atomic E-state index is 0.132. The van der Waals surface area contributed by atoms with Crippen LogP contribution in [0, 0.1) is 0 Å². The molecule has 2 aromatic heterocycles. The first-order valence-corrected chi connectivity index (χ1v) is 7.46. The number of hydrogen-bond acceptors (Lipinski definition) is 5. The summed E-state index contributed by atoms with van der Waals surface area (Å²) in [6.45, 7) is 2.77. The maximum atomic E-state index is 5.42. The normalized spacial score (nSPS) is 12.3. The molecule has 23 heavy (non-hydrogen) atoms. The third kappa shape index (κ3) is 3.12. The van der Waals surface area contributed by atoms with Gasteiger partial charge in [0.15, 0.2) is 0 Å². The van der Waals surface area contributed by atoms with E-state index in [0.29, 0.717) is 6.54 Å². The molecule has 0 radical (unpaired) electrons. The molecular formula is C17H20N4O2. The molecule has 3 aromatic rings. The molecule has 1 aromatic carbocycles. The van der Waals surface area contributed by atoms with Gasteiger partial charge in [-0.3, -0.25) is 0 Å². The molecule has 0 aliphatic carbocycles. The van der Waals surface area contributed by atoms with Gasteiger partial charge in [0.1, 0.15) is 11.5 Å². The third-order valence-electron chi connectivity index (χ3n) is 3.89. The van der Waals surface area contributed by atoms with Gasteiger partial charge in [-0.25, -0.2) is 0 Å². The fourth-order valence-corrected chi connectivity index (χ4v) is 2.58. The molecule has 0 amide bonds. The second kappa shape index (κ2) is 6.66. The fourth-order valence-electron chi connectivity index (χ4n) is 2.58. The van der Waals surface area contributed by atoms with Gasteiger partial charge in [0.25, 0.3) is 0 Å². The number of hydrogen-bond donors (Lipinski definition) is 1. The van der Waals surface area contributed by atoms with Crippen LogP contribution in [0.3, 0.4) is 0 Å². The lowest BCUT2D eigenvalue weighted by Gasteiger charge is -2.15. The summed E-state index contributed by atoms with van der Waals surface area (Å²) in [6.07, 6.45) is 3.58.